The van der Waals surface area contributed by atoms with E-state index in [9.17, 15) is 0 Å². The summed E-state index contributed by atoms with van der Waals surface area (Å²) in [5.74, 6) is 1.51. The van der Waals surface area contributed by atoms with Crippen LogP contribution in [0.1, 0.15) is 18.4 Å². The van der Waals surface area contributed by atoms with E-state index >= 15 is 0 Å². The predicted molar refractivity (Wildman–Crippen MR) is 111 cm³/mol. The summed E-state index contributed by atoms with van der Waals surface area (Å²) in [4.78, 5) is 13.9. The van der Waals surface area contributed by atoms with Gasteiger partial charge in [0.2, 0.25) is 0 Å². The molecule has 0 atom stereocenters. The summed E-state index contributed by atoms with van der Waals surface area (Å²) >= 11 is 0. The molecule has 132 valence electrons. The molecular formula is C23H20N4. The molecule has 0 aliphatic carbocycles. The van der Waals surface area contributed by atoms with Gasteiger partial charge in [0, 0.05) is 6.20 Å². The SMILES string of the molecule is C/C=C/c1nc(NCc2ccccn2)c2c(-c3ccccc3)cccc2n1. The molecule has 1 N–H and O–H groups in total. The molecule has 4 nitrogen and oxygen atoms in total. The third-order valence-electron chi connectivity index (χ3n) is 4.30. The van der Waals surface area contributed by atoms with E-state index in [-0.39, 0.29) is 0 Å². The van der Waals surface area contributed by atoms with Gasteiger partial charge in [0.15, 0.2) is 5.82 Å². The fourth-order valence-electron chi connectivity index (χ4n) is 3.09. The Morgan fingerprint density at radius 2 is 1.74 bits per heavy atom. The van der Waals surface area contributed by atoms with Crippen LogP contribution >= 0.6 is 0 Å². The molecule has 0 aliphatic rings. The molecular weight excluding hydrogens is 332 g/mol. The van der Waals surface area contributed by atoms with Crippen molar-refractivity contribution >= 4 is 22.8 Å². The molecule has 2 heterocycles. The van der Waals surface area contributed by atoms with Crippen molar-refractivity contribution in [2.45, 2.75) is 13.5 Å². The van der Waals surface area contributed by atoms with Crippen molar-refractivity contribution in [2.24, 2.45) is 0 Å². The molecule has 4 rings (SSSR count). The van der Waals surface area contributed by atoms with Gasteiger partial charge in [-0.2, -0.15) is 0 Å². The van der Waals surface area contributed by atoms with E-state index in [4.69, 9.17) is 9.97 Å². The fourth-order valence-corrected chi connectivity index (χ4v) is 3.09. The molecule has 4 aromatic rings. The number of rotatable bonds is 5. The van der Waals surface area contributed by atoms with Gasteiger partial charge in [-0.1, -0.05) is 54.6 Å². The van der Waals surface area contributed by atoms with E-state index < -0.39 is 0 Å². The molecule has 0 amide bonds. The molecule has 0 bridgehead atoms. The summed E-state index contributed by atoms with van der Waals surface area (Å²) in [5.41, 5.74) is 4.15. The van der Waals surface area contributed by atoms with Gasteiger partial charge in [-0.25, -0.2) is 9.97 Å². The molecule has 0 spiro atoms. The van der Waals surface area contributed by atoms with Gasteiger partial charge < -0.3 is 5.32 Å². The lowest BCUT2D eigenvalue weighted by Crippen LogP contribution is -2.06. The van der Waals surface area contributed by atoms with Crippen LogP contribution in [0.3, 0.4) is 0 Å². The average Bonchev–Trinajstić information content (AvgIpc) is 2.73. The summed E-state index contributed by atoms with van der Waals surface area (Å²) in [6, 6.07) is 22.4. The molecule has 4 heteroatoms. The van der Waals surface area contributed by atoms with Crippen molar-refractivity contribution < 1.29 is 0 Å². The van der Waals surface area contributed by atoms with Gasteiger partial charge in [0.25, 0.3) is 0 Å². The van der Waals surface area contributed by atoms with Gasteiger partial charge in [0.1, 0.15) is 5.82 Å². The maximum absolute atomic E-state index is 4.76. The van der Waals surface area contributed by atoms with Crippen molar-refractivity contribution in [2.75, 3.05) is 5.32 Å². The standard InChI is InChI=1S/C23H20N4/c1-2-9-21-26-20-14-8-13-19(17-10-4-3-5-11-17)22(20)23(27-21)25-16-18-12-6-7-15-24-18/h2-15H,16H2,1H3,(H,25,26,27)/b9-2+. The van der Waals surface area contributed by atoms with Crippen LogP contribution in [0.15, 0.2) is 79.0 Å². The van der Waals surface area contributed by atoms with E-state index in [2.05, 4.69) is 28.5 Å². The van der Waals surface area contributed by atoms with Crippen molar-refractivity contribution in [3.05, 3.63) is 90.5 Å². The lowest BCUT2D eigenvalue weighted by Gasteiger charge is -2.13. The largest absolute Gasteiger partial charge is 0.364 e. The van der Waals surface area contributed by atoms with Crippen LogP contribution in [-0.2, 0) is 6.54 Å². The quantitative estimate of drug-likeness (QED) is 0.527. The zero-order valence-electron chi connectivity index (χ0n) is 15.1. The summed E-state index contributed by atoms with van der Waals surface area (Å²) in [7, 11) is 0. The van der Waals surface area contributed by atoms with Crippen LogP contribution in [0, 0.1) is 0 Å². The molecule has 2 aromatic heterocycles. The maximum Gasteiger partial charge on any atom is 0.154 e. The zero-order chi connectivity index (χ0) is 18.5. The topological polar surface area (TPSA) is 50.7 Å². The second-order valence-corrected chi connectivity index (χ2v) is 6.17. The van der Waals surface area contributed by atoms with Gasteiger partial charge in [-0.15, -0.1) is 0 Å². The first-order valence-corrected chi connectivity index (χ1v) is 8.98. The maximum atomic E-state index is 4.76. The first kappa shape index (κ1) is 16.9. The highest BCUT2D eigenvalue weighted by molar-refractivity contribution is 6.02. The van der Waals surface area contributed by atoms with Gasteiger partial charge in [-0.05, 0) is 42.3 Å². The molecule has 0 radical (unpaired) electrons. The van der Waals surface area contributed by atoms with Crippen LogP contribution in [0.4, 0.5) is 5.82 Å². The minimum Gasteiger partial charge on any atom is -0.364 e. The fraction of sp³-hybridized carbons (Fsp3) is 0.0870. The van der Waals surface area contributed by atoms with Crippen molar-refractivity contribution in [1.82, 2.24) is 15.0 Å². The van der Waals surface area contributed by atoms with Gasteiger partial charge in [0.05, 0.1) is 23.1 Å². The van der Waals surface area contributed by atoms with Gasteiger partial charge in [-0.3, -0.25) is 4.98 Å². The highest BCUT2D eigenvalue weighted by Crippen LogP contribution is 2.32. The Morgan fingerprint density at radius 1 is 0.889 bits per heavy atom. The van der Waals surface area contributed by atoms with Crippen LogP contribution < -0.4 is 5.32 Å². The minimum absolute atomic E-state index is 0.603. The molecule has 0 saturated heterocycles. The highest BCUT2D eigenvalue weighted by Gasteiger charge is 2.12. The van der Waals surface area contributed by atoms with Crippen molar-refractivity contribution in [1.29, 1.82) is 0 Å². The molecule has 0 aliphatic heterocycles. The number of aromatic nitrogens is 3. The smallest absolute Gasteiger partial charge is 0.154 e. The van der Waals surface area contributed by atoms with Crippen LogP contribution in [-0.4, -0.2) is 15.0 Å². The molecule has 27 heavy (non-hydrogen) atoms. The second kappa shape index (κ2) is 7.79. The minimum atomic E-state index is 0.603. The van der Waals surface area contributed by atoms with Crippen LogP contribution in [0.5, 0.6) is 0 Å². The summed E-state index contributed by atoms with van der Waals surface area (Å²) in [6.45, 7) is 2.57. The van der Waals surface area contributed by atoms with E-state index in [1.165, 1.54) is 0 Å². The Labute approximate surface area is 158 Å². The summed E-state index contributed by atoms with van der Waals surface area (Å²) in [5, 5.41) is 4.49. The van der Waals surface area contributed by atoms with E-state index in [0.29, 0.717) is 12.4 Å². The third kappa shape index (κ3) is 3.70. The summed E-state index contributed by atoms with van der Waals surface area (Å²) in [6.07, 6.45) is 5.67. The highest BCUT2D eigenvalue weighted by atomic mass is 15.0. The lowest BCUT2D eigenvalue weighted by atomic mass is 10.0. The first-order chi connectivity index (χ1) is 13.3. The third-order valence-corrected chi connectivity index (χ3v) is 4.30. The Hall–Kier alpha value is -3.53. The van der Waals surface area contributed by atoms with Crippen LogP contribution in [0.2, 0.25) is 0 Å². The van der Waals surface area contributed by atoms with Crippen molar-refractivity contribution in [3.63, 3.8) is 0 Å². The Morgan fingerprint density at radius 3 is 2.52 bits per heavy atom. The van der Waals surface area contributed by atoms with Crippen LogP contribution in [0.25, 0.3) is 28.1 Å². The number of nitrogens with one attached hydrogen (secondary N) is 1. The molecule has 0 fully saturated rings. The Bertz CT molecular complexity index is 1070. The zero-order valence-corrected chi connectivity index (χ0v) is 15.1. The monoisotopic (exact) mass is 352 g/mol. The number of allylic oxidation sites excluding steroid dienone is 1. The Kier molecular flexibility index (Phi) is 4.88. The van der Waals surface area contributed by atoms with Gasteiger partial charge >= 0.3 is 0 Å². The number of anilines is 1. The number of benzene rings is 2. The molecule has 0 unspecified atom stereocenters. The van der Waals surface area contributed by atoms with E-state index in [1.807, 2.05) is 67.6 Å². The van der Waals surface area contributed by atoms with E-state index in [0.717, 1.165) is 33.5 Å². The first-order valence-electron chi connectivity index (χ1n) is 8.98. The summed E-state index contributed by atoms with van der Waals surface area (Å²) < 4.78 is 0. The van der Waals surface area contributed by atoms with Crippen molar-refractivity contribution in [3.8, 4) is 11.1 Å². The predicted octanol–water partition coefficient (Wildman–Crippen LogP) is 5.34. The number of hydrogen-bond acceptors (Lipinski definition) is 4. The number of hydrogen-bond donors (Lipinski definition) is 1. The number of fused-ring (bicyclic) bond motifs is 1. The Balaban J connectivity index is 1.85. The molecule has 2 aromatic carbocycles. The number of nitrogens with zero attached hydrogens (tertiary/aromatic N) is 3. The normalized spacial score (nSPS) is 11.1. The average molecular weight is 352 g/mol. The van der Waals surface area contributed by atoms with E-state index in [1.54, 1.807) is 6.20 Å². The second-order valence-electron chi connectivity index (χ2n) is 6.17. The number of pyridine rings is 1. The lowest BCUT2D eigenvalue weighted by molar-refractivity contribution is 1.03. The molecule has 0 saturated carbocycles.